The molecule has 0 unspecified atom stereocenters. The number of benzene rings is 2. The van der Waals surface area contributed by atoms with Gasteiger partial charge in [0.2, 0.25) is 0 Å². The zero-order chi connectivity index (χ0) is 12.6. The van der Waals surface area contributed by atoms with Crippen LogP contribution in [-0.4, -0.2) is 10.2 Å². The second-order valence-electron chi connectivity index (χ2n) is 5.03. The Kier molecular flexibility index (Phi) is 2.51. The SMILES string of the molecule is Oc1ccc(C2(c3ccc(O)cc3)CCC2)cc1. The van der Waals surface area contributed by atoms with E-state index in [0.29, 0.717) is 11.5 Å². The van der Waals surface area contributed by atoms with Gasteiger partial charge in [-0.15, -0.1) is 0 Å². The van der Waals surface area contributed by atoms with Crippen LogP contribution in [0.2, 0.25) is 0 Å². The third-order valence-corrected chi connectivity index (χ3v) is 4.05. The molecule has 2 aromatic rings. The van der Waals surface area contributed by atoms with Crippen LogP contribution in [0.15, 0.2) is 48.5 Å². The molecule has 0 heterocycles. The van der Waals surface area contributed by atoms with Crippen molar-refractivity contribution in [2.24, 2.45) is 0 Å². The minimum atomic E-state index is 0.0708. The molecular weight excluding hydrogens is 224 g/mol. The molecule has 0 atom stereocenters. The molecule has 1 fully saturated rings. The van der Waals surface area contributed by atoms with Crippen LogP contribution in [0.1, 0.15) is 30.4 Å². The molecule has 2 N–H and O–H groups in total. The maximum absolute atomic E-state index is 9.39. The maximum Gasteiger partial charge on any atom is 0.115 e. The van der Waals surface area contributed by atoms with Crippen LogP contribution in [-0.2, 0) is 5.41 Å². The number of rotatable bonds is 2. The molecule has 0 saturated heterocycles. The van der Waals surface area contributed by atoms with Gasteiger partial charge in [0.25, 0.3) is 0 Å². The van der Waals surface area contributed by atoms with E-state index in [2.05, 4.69) is 0 Å². The van der Waals surface area contributed by atoms with Gasteiger partial charge < -0.3 is 10.2 Å². The van der Waals surface area contributed by atoms with Crippen LogP contribution in [0.25, 0.3) is 0 Å². The summed E-state index contributed by atoms with van der Waals surface area (Å²) in [5, 5.41) is 18.8. The monoisotopic (exact) mass is 240 g/mol. The first-order valence-electron chi connectivity index (χ1n) is 6.30. The van der Waals surface area contributed by atoms with Crippen molar-refractivity contribution in [3.05, 3.63) is 59.7 Å². The van der Waals surface area contributed by atoms with Crippen molar-refractivity contribution in [2.45, 2.75) is 24.7 Å². The topological polar surface area (TPSA) is 40.5 Å². The molecule has 92 valence electrons. The predicted molar refractivity (Wildman–Crippen MR) is 70.8 cm³/mol. The maximum atomic E-state index is 9.39. The van der Waals surface area contributed by atoms with E-state index < -0.39 is 0 Å². The van der Waals surface area contributed by atoms with Crippen molar-refractivity contribution >= 4 is 0 Å². The summed E-state index contributed by atoms with van der Waals surface area (Å²) in [5.74, 6) is 0.609. The standard InChI is InChI=1S/C16H16O2/c17-14-6-2-12(3-7-14)16(10-1-11-16)13-4-8-15(18)9-5-13/h2-9,17-18H,1,10-11H2. The summed E-state index contributed by atoms with van der Waals surface area (Å²) >= 11 is 0. The molecule has 0 radical (unpaired) electrons. The van der Waals surface area contributed by atoms with Crippen molar-refractivity contribution in [2.75, 3.05) is 0 Å². The highest BCUT2D eigenvalue weighted by Crippen LogP contribution is 2.49. The van der Waals surface area contributed by atoms with E-state index in [-0.39, 0.29) is 5.41 Å². The van der Waals surface area contributed by atoms with Crippen molar-refractivity contribution in [1.29, 1.82) is 0 Å². The van der Waals surface area contributed by atoms with E-state index in [1.807, 2.05) is 24.3 Å². The van der Waals surface area contributed by atoms with Gasteiger partial charge in [0.15, 0.2) is 0 Å². The van der Waals surface area contributed by atoms with E-state index >= 15 is 0 Å². The summed E-state index contributed by atoms with van der Waals surface area (Å²) < 4.78 is 0. The zero-order valence-electron chi connectivity index (χ0n) is 10.1. The normalized spacial score (nSPS) is 17.1. The lowest BCUT2D eigenvalue weighted by molar-refractivity contribution is 0.301. The van der Waals surface area contributed by atoms with Gasteiger partial charge >= 0.3 is 0 Å². The second kappa shape index (κ2) is 4.05. The van der Waals surface area contributed by atoms with Crippen LogP contribution >= 0.6 is 0 Å². The molecule has 1 aliphatic rings. The van der Waals surface area contributed by atoms with Gasteiger partial charge in [-0.1, -0.05) is 30.7 Å². The van der Waals surface area contributed by atoms with Crippen LogP contribution in [0.3, 0.4) is 0 Å². The largest absolute Gasteiger partial charge is 0.508 e. The average Bonchev–Trinajstić information content (AvgIpc) is 2.32. The Bertz CT molecular complexity index is 489. The summed E-state index contributed by atoms with van der Waals surface area (Å²) in [6, 6.07) is 15.0. The Balaban J connectivity index is 2.04. The highest BCUT2D eigenvalue weighted by atomic mass is 16.3. The molecule has 2 heteroatoms. The highest BCUT2D eigenvalue weighted by molar-refractivity contribution is 5.44. The molecule has 2 aromatic carbocycles. The third kappa shape index (κ3) is 1.65. The number of hydrogen-bond donors (Lipinski definition) is 2. The molecule has 1 saturated carbocycles. The molecule has 0 aromatic heterocycles. The van der Waals surface area contributed by atoms with Gasteiger partial charge in [-0.2, -0.15) is 0 Å². The molecule has 2 nitrogen and oxygen atoms in total. The minimum absolute atomic E-state index is 0.0708. The first-order chi connectivity index (χ1) is 8.71. The molecule has 3 rings (SSSR count). The second-order valence-corrected chi connectivity index (χ2v) is 5.03. The summed E-state index contributed by atoms with van der Waals surface area (Å²) in [4.78, 5) is 0. The number of hydrogen-bond acceptors (Lipinski definition) is 2. The fourth-order valence-electron chi connectivity index (χ4n) is 2.84. The Morgan fingerprint density at radius 3 is 1.33 bits per heavy atom. The number of phenolic OH excluding ortho intramolecular Hbond substituents is 2. The van der Waals surface area contributed by atoms with E-state index in [9.17, 15) is 10.2 Å². The molecule has 0 spiro atoms. The third-order valence-electron chi connectivity index (χ3n) is 4.05. The molecule has 0 bridgehead atoms. The summed E-state index contributed by atoms with van der Waals surface area (Å²) in [6.45, 7) is 0. The molecular formula is C16H16O2. The lowest BCUT2D eigenvalue weighted by Gasteiger charge is -2.43. The smallest absolute Gasteiger partial charge is 0.115 e. The first-order valence-corrected chi connectivity index (χ1v) is 6.30. The van der Waals surface area contributed by atoms with Crippen LogP contribution in [0, 0.1) is 0 Å². The van der Waals surface area contributed by atoms with Crippen LogP contribution < -0.4 is 0 Å². The predicted octanol–water partition coefficient (Wildman–Crippen LogP) is 3.57. The average molecular weight is 240 g/mol. The van der Waals surface area contributed by atoms with Crippen LogP contribution in [0.5, 0.6) is 11.5 Å². The minimum Gasteiger partial charge on any atom is -0.508 e. The van der Waals surface area contributed by atoms with Gasteiger partial charge in [0, 0.05) is 5.41 Å². The number of phenols is 2. The summed E-state index contributed by atoms with van der Waals surface area (Å²) in [7, 11) is 0. The summed E-state index contributed by atoms with van der Waals surface area (Å²) in [6.07, 6.45) is 3.48. The van der Waals surface area contributed by atoms with E-state index in [1.165, 1.54) is 17.5 Å². The van der Waals surface area contributed by atoms with Gasteiger partial charge in [-0.05, 0) is 48.2 Å². The Morgan fingerprint density at radius 2 is 1.06 bits per heavy atom. The molecule has 0 aliphatic heterocycles. The quantitative estimate of drug-likeness (QED) is 0.842. The highest BCUT2D eigenvalue weighted by Gasteiger charge is 2.40. The van der Waals surface area contributed by atoms with E-state index in [1.54, 1.807) is 24.3 Å². The molecule has 18 heavy (non-hydrogen) atoms. The summed E-state index contributed by atoms with van der Waals surface area (Å²) in [5.41, 5.74) is 2.57. The number of aromatic hydroxyl groups is 2. The zero-order valence-corrected chi connectivity index (χ0v) is 10.1. The van der Waals surface area contributed by atoms with Gasteiger partial charge in [0.1, 0.15) is 11.5 Å². The lowest BCUT2D eigenvalue weighted by atomic mass is 9.60. The Morgan fingerprint density at radius 1 is 0.667 bits per heavy atom. The first kappa shape index (κ1) is 11.1. The van der Waals surface area contributed by atoms with E-state index in [0.717, 1.165) is 12.8 Å². The van der Waals surface area contributed by atoms with Crippen molar-refractivity contribution in [3.63, 3.8) is 0 Å². The van der Waals surface area contributed by atoms with Crippen LogP contribution in [0.4, 0.5) is 0 Å². The fraction of sp³-hybridized carbons (Fsp3) is 0.250. The molecule has 1 aliphatic carbocycles. The van der Waals surface area contributed by atoms with Crippen molar-refractivity contribution in [3.8, 4) is 11.5 Å². The Labute approximate surface area is 107 Å². The Hall–Kier alpha value is -1.96. The van der Waals surface area contributed by atoms with Crippen molar-refractivity contribution in [1.82, 2.24) is 0 Å². The van der Waals surface area contributed by atoms with Gasteiger partial charge in [-0.25, -0.2) is 0 Å². The lowest BCUT2D eigenvalue weighted by Crippen LogP contribution is -2.35. The fourth-order valence-corrected chi connectivity index (χ4v) is 2.84. The molecule has 0 amide bonds. The van der Waals surface area contributed by atoms with E-state index in [4.69, 9.17) is 0 Å². The van der Waals surface area contributed by atoms with Crippen molar-refractivity contribution < 1.29 is 10.2 Å². The van der Waals surface area contributed by atoms with Gasteiger partial charge in [-0.3, -0.25) is 0 Å². The van der Waals surface area contributed by atoms with Gasteiger partial charge in [0.05, 0.1) is 0 Å².